The molecule has 192 valence electrons. The molecule has 38 heavy (non-hydrogen) atoms. The number of hydrogen-bond donors (Lipinski definition) is 3. The Morgan fingerprint density at radius 2 is 1.66 bits per heavy atom. The van der Waals surface area contributed by atoms with Gasteiger partial charge in [0.1, 0.15) is 11.0 Å². The molecule has 0 aliphatic carbocycles. The first-order chi connectivity index (χ1) is 18.4. The number of ether oxygens (including phenoxy) is 1. The first kappa shape index (κ1) is 26.6. The molecule has 0 saturated carbocycles. The quantitative estimate of drug-likeness (QED) is 0.168. The number of aliphatic carboxylic acids is 1. The highest BCUT2D eigenvalue weighted by atomic mass is 32.2. The Kier molecular flexibility index (Phi) is 8.91. The lowest BCUT2D eigenvalue weighted by molar-refractivity contribution is -0.131. The third-order valence-electron chi connectivity index (χ3n) is 5.21. The molecule has 10 heteroatoms. The molecule has 1 aromatic heterocycles. The summed E-state index contributed by atoms with van der Waals surface area (Å²) >= 11 is 2.69. The number of rotatable bonds is 10. The van der Waals surface area contributed by atoms with Crippen LogP contribution in [0.3, 0.4) is 0 Å². The smallest absolute Gasteiger partial charge is 0.328 e. The predicted molar refractivity (Wildman–Crippen MR) is 150 cm³/mol. The zero-order chi connectivity index (χ0) is 26.9. The number of aromatic nitrogens is 1. The molecule has 0 aliphatic heterocycles. The summed E-state index contributed by atoms with van der Waals surface area (Å²) in [5, 5.41) is 16.0. The van der Waals surface area contributed by atoms with Crippen LogP contribution < -0.4 is 15.4 Å². The van der Waals surface area contributed by atoms with E-state index in [4.69, 9.17) is 9.84 Å². The van der Waals surface area contributed by atoms with Crippen LogP contribution >= 0.6 is 23.1 Å². The molecule has 1 heterocycles. The maximum atomic E-state index is 13.4. The Hall–Kier alpha value is -4.41. The molecule has 0 aliphatic rings. The standard InChI is InChI=1S/C28H23N3O5S2/c1-36-23-10-6-5-9-21(23)22-17-37-28(30-22)31-27(35)26(18-7-3-2-4-8-18)38-20-13-11-19(12-14-20)29-24(32)15-16-25(33)34/h2-17,26H,1H3,(H,29,32)(H,33,34)(H,30,31,35)/b16-15+. The van der Waals surface area contributed by atoms with Gasteiger partial charge >= 0.3 is 5.97 Å². The molecule has 4 rings (SSSR count). The first-order valence-electron chi connectivity index (χ1n) is 11.4. The number of methoxy groups -OCH3 is 1. The zero-order valence-electron chi connectivity index (χ0n) is 20.2. The summed E-state index contributed by atoms with van der Waals surface area (Å²) in [5.41, 5.74) is 2.88. The molecule has 0 radical (unpaired) electrons. The Balaban J connectivity index is 1.49. The lowest BCUT2D eigenvalue weighted by atomic mass is 10.1. The van der Waals surface area contributed by atoms with Crippen LogP contribution in [-0.2, 0) is 14.4 Å². The van der Waals surface area contributed by atoms with Crippen molar-refractivity contribution in [3.05, 3.63) is 102 Å². The van der Waals surface area contributed by atoms with Crippen LogP contribution in [0.1, 0.15) is 10.8 Å². The number of thiazole rings is 1. The highest BCUT2D eigenvalue weighted by Gasteiger charge is 2.23. The number of hydrogen-bond acceptors (Lipinski definition) is 7. The molecule has 0 fully saturated rings. The summed E-state index contributed by atoms with van der Waals surface area (Å²) in [6.45, 7) is 0. The van der Waals surface area contributed by atoms with E-state index in [0.717, 1.165) is 28.2 Å². The number of thioether (sulfide) groups is 1. The van der Waals surface area contributed by atoms with E-state index >= 15 is 0 Å². The Labute approximate surface area is 227 Å². The number of para-hydroxylation sites is 1. The maximum Gasteiger partial charge on any atom is 0.328 e. The number of amides is 2. The van der Waals surface area contributed by atoms with Gasteiger partial charge in [-0.25, -0.2) is 9.78 Å². The van der Waals surface area contributed by atoms with E-state index in [1.165, 1.54) is 23.1 Å². The summed E-state index contributed by atoms with van der Waals surface area (Å²) < 4.78 is 5.43. The molecule has 1 unspecified atom stereocenters. The number of carboxylic acids is 1. The Morgan fingerprint density at radius 1 is 0.947 bits per heavy atom. The number of nitrogens with zero attached hydrogens (tertiary/aromatic N) is 1. The van der Waals surface area contributed by atoms with E-state index in [9.17, 15) is 14.4 Å². The van der Waals surface area contributed by atoms with Crippen LogP contribution in [-0.4, -0.2) is 35.0 Å². The Bertz CT molecular complexity index is 1450. The zero-order valence-corrected chi connectivity index (χ0v) is 21.8. The van der Waals surface area contributed by atoms with Crippen LogP contribution in [0.2, 0.25) is 0 Å². The van der Waals surface area contributed by atoms with Crippen molar-refractivity contribution >= 4 is 51.7 Å². The van der Waals surface area contributed by atoms with Crippen molar-refractivity contribution in [2.45, 2.75) is 10.1 Å². The van der Waals surface area contributed by atoms with Gasteiger partial charge in [0.2, 0.25) is 11.8 Å². The van der Waals surface area contributed by atoms with Crippen molar-refractivity contribution in [2.24, 2.45) is 0 Å². The lowest BCUT2D eigenvalue weighted by Crippen LogP contribution is -2.19. The van der Waals surface area contributed by atoms with E-state index in [2.05, 4.69) is 15.6 Å². The normalized spacial score (nSPS) is 11.6. The number of benzene rings is 3. The van der Waals surface area contributed by atoms with E-state index < -0.39 is 17.1 Å². The van der Waals surface area contributed by atoms with Crippen LogP contribution in [0.4, 0.5) is 10.8 Å². The van der Waals surface area contributed by atoms with Crippen molar-refractivity contribution in [1.82, 2.24) is 4.98 Å². The van der Waals surface area contributed by atoms with Gasteiger partial charge in [-0.1, -0.05) is 42.5 Å². The number of carbonyl (C=O) groups excluding carboxylic acids is 2. The van der Waals surface area contributed by atoms with Crippen LogP contribution in [0.25, 0.3) is 11.3 Å². The minimum atomic E-state index is -1.20. The van der Waals surface area contributed by atoms with E-state index in [0.29, 0.717) is 22.3 Å². The molecule has 0 bridgehead atoms. The SMILES string of the molecule is COc1ccccc1-c1csc(NC(=O)C(Sc2ccc(NC(=O)/C=C/C(=O)O)cc2)c2ccccc2)n1. The van der Waals surface area contributed by atoms with Crippen LogP contribution in [0.15, 0.2) is 101 Å². The molecule has 0 saturated heterocycles. The molecule has 3 aromatic carbocycles. The van der Waals surface area contributed by atoms with Gasteiger partial charge in [-0.05, 0) is 42.0 Å². The first-order valence-corrected chi connectivity index (χ1v) is 13.1. The van der Waals surface area contributed by atoms with Crippen LogP contribution in [0, 0.1) is 0 Å². The third kappa shape index (κ3) is 7.09. The minimum Gasteiger partial charge on any atom is -0.496 e. The predicted octanol–water partition coefficient (Wildman–Crippen LogP) is 5.87. The van der Waals surface area contributed by atoms with Gasteiger partial charge in [-0.3, -0.25) is 9.59 Å². The third-order valence-corrected chi connectivity index (χ3v) is 7.23. The van der Waals surface area contributed by atoms with Gasteiger partial charge in [0.05, 0.1) is 12.8 Å². The monoisotopic (exact) mass is 545 g/mol. The van der Waals surface area contributed by atoms with Crippen molar-refractivity contribution < 1.29 is 24.2 Å². The highest BCUT2D eigenvalue weighted by molar-refractivity contribution is 8.00. The maximum absolute atomic E-state index is 13.4. The minimum absolute atomic E-state index is 0.224. The summed E-state index contributed by atoms with van der Waals surface area (Å²) in [6.07, 6.45) is 1.71. The second-order valence-corrected chi connectivity index (χ2v) is 9.86. The topological polar surface area (TPSA) is 118 Å². The number of carbonyl (C=O) groups is 3. The van der Waals surface area contributed by atoms with Gasteiger partial charge in [-0.15, -0.1) is 23.1 Å². The fraction of sp³-hybridized carbons (Fsp3) is 0.0714. The molecule has 0 spiro atoms. The molecule has 8 nitrogen and oxygen atoms in total. The Morgan fingerprint density at radius 3 is 2.37 bits per heavy atom. The number of anilines is 2. The summed E-state index contributed by atoms with van der Waals surface area (Å²) in [4.78, 5) is 41.2. The van der Waals surface area contributed by atoms with Gasteiger partial charge in [0, 0.05) is 33.7 Å². The van der Waals surface area contributed by atoms with Crippen molar-refractivity contribution in [3.8, 4) is 17.0 Å². The van der Waals surface area contributed by atoms with Gasteiger partial charge in [0.25, 0.3) is 0 Å². The molecular formula is C28H23N3O5S2. The molecular weight excluding hydrogens is 522 g/mol. The fourth-order valence-corrected chi connectivity index (χ4v) is 5.20. The average Bonchev–Trinajstić information content (AvgIpc) is 3.40. The summed E-state index contributed by atoms with van der Waals surface area (Å²) in [6, 6.07) is 23.9. The highest BCUT2D eigenvalue weighted by Crippen LogP contribution is 2.38. The molecule has 2 amide bonds. The van der Waals surface area contributed by atoms with Crippen molar-refractivity contribution in [2.75, 3.05) is 17.7 Å². The molecule has 4 aromatic rings. The van der Waals surface area contributed by atoms with E-state index in [-0.39, 0.29) is 5.91 Å². The largest absolute Gasteiger partial charge is 0.496 e. The second-order valence-electron chi connectivity index (χ2n) is 7.82. The average molecular weight is 546 g/mol. The fourth-order valence-electron chi connectivity index (χ4n) is 3.47. The summed E-state index contributed by atoms with van der Waals surface area (Å²) in [7, 11) is 1.60. The summed E-state index contributed by atoms with van der Waals surface area (Å²) in [5.74, 6) is -1.28. The molecule has 1 atom stereocenters. The number of nitrogens with one attached hydrogen (secondary N) is 2. The van der Waals surface area contributed by atoms with Crippen LogP contribution in [0.5, 0.6) is 5.75 Å². The molecule has 3 N–H and O–H groups in total. The van der Waals surface area contributed by atoms with E-state index in [1.54, 1.807) is 31.4 Å². The van der Waals surface area contributed by atoms with Gasteiger partial charge < -0.3 is 20.5 Å². The van der Waals surface area contributed by atoms with Crippen molar-refractivity contribution in [3.63, 3.8) is 0 Å². The van der Waals surface area contributed by atoms with E-state index in [1.807, 2.05) is 60.0 Å². The number of carboxylic acid groups (broad SMARTS) is 1. The van der Waals surface area contributed by atoms with Gasteiger partial charge in [0.15, 0.2) is 5.13 Å². The second kappa shape index (κ2) is 12.7. The van der Waals surface area contributed by atoms with Crippen molar-refractivity contribution in [1.29, 1.82) is 0 Å². The van der Waals surface area contributed by atoms with Gasteiger partial charge in [-0.2, -0.15) is 0 Å². The lowest BCUT2D eigenvalue weighted by Gasteiger charge is -2.16.